The van der Waals surface area contributed by atoms with Crippen molar-refractivity contribution >= 4 is 12.0 Å². The first kappa shape index (κ1) is 19.9. The molecule has 0 radical (unpaired) electrons. The first-order chi connectivity index (χ1) is 13.6. The predicted molar refractivity (Wildman–Crippen MR) is 102 cm³/mol. The summed E-state index contributed by atoms with van der Waals surface area (Å²) >= 11 is 0. The van der Waals surface area contributed by atoms with Gasteiger partial charge in [0.2, 0.25) is 5.91 Å². The Labute approximate surface area is 163 Å². The molecule has 0 aliphatic carbocycles. The number of carbonyl (C=O) groups excluding carboxylic acids is 2. The van der Waals surface area contributed by atoms with Crippen LogP contribution in [0, 0.1) is 0 Å². The first-order valence-electron chi connectivity index (χ1n) is 9.23. The lowest BCUT2D eigenvalue weighted by molar-refractivity contribution is -0.127. The highest BCUT2D eigenvalue weighted by atomic mass is 16.6. The fourth-order valence-corrected chi connectivity index (χ4v) is 2.97. The monoisotopic (exact) mass is 384 g/mol. The molecule has 1 aliphatic heterocycles. The van der Waals surface area contributed by atoms with Crippen LogP contribution < -0.4 is 10.6 Å². The quantitative estimate of drug-likeness (QED) is 0.676. The summed E-state index contributed by atoms with van der Waals surface area (Å²) in [4.78, 5) is 24.9. The summed E-state index contributed by atoms with van der Waals surface area (Å²) in [6.07, 6.45) is -0.894. The standard InChI is InChI=1S/C21H24N2O5/c24-19(22-17-11-12-27-20(17)25)18(13-15-7-3-1-4-8-15)23-21(26)28-14-16-9-5-2-6-10-16/h1-10,17-18,20,25H,11-14H2,(H,22,24)(H,23,26)/t17-,18-,20?/m0/s1. The molecular formula is C21H24N2O5. The van der Waals surface area contributed by atoms with Gasteiger partial charge in [-0.05, 0) is 17.5 Å². The number of ether oxygens (including phenoxy) is 2. The summed E-state index contributed by atoms with van der Waals surface area (Å²) in [6.45, 7) is 0.490. The maximum absolute atomic E-state index is 12.7. The lowest BCUT2D eigenvalue weighted by atomic mass is 10.0. The number of hydrogen-bond acceptors (Lipinski definition) is 5. The minimum atomic E-state index is -1.04. The van der Waals surface area contributed by atoms with E-state index >= 15 is 0 Å². The van der Waals surface area contributed by atoms with Gasteiger partial charge in [-0.2, -0.15) is 0 Å². The molecule has 0 spiro atoms. The van der Waals surface area contributed by atoms with Crippen molar-refractivity contribution in [2.45, 2.75) is 37.8 Å². The van der Waals surface area contributed by atoms with Crippen LogP contribution in [0.5, 0.6) is 0 Å². The Bertz CT molecular complexity index is 769. The number of benzene rings is 2. The molecule has 3 N–H and O–H groups in total. The zero-order valence-corrected chi connectivity index (χ0v) is 15.4. The number of rotatable bonds is 7. The van der Waals surface area contributed by atoms with Gasteiger partial charge in [0.15, 0.2) is 6.29 Å². The number of aliphatic hydroxyl groups excluding tert-OH is 1. The normalized spacial score (nSPS) is 19.6. The maximum Gasteiger partial charge on any atom is 0.408 e. The van der Waals surface area contributed by atoms with Crippen molar-refractivity contribution in [2.24, 2.45) is 0 Å². The molecule has 0 saturated carbocycles. The van der Waals surface area contributed by atoms with E-state index in [2.05, 4.69) is 10.6 Å². The van der Waals surface area contributed by atoms with E-state index in [1.165, 1.54) is 0 Å². The zero-order valence-electron chi connectivity index (χ0n) is 15.4. The summed E-state index contributed by atoms with van der Waals surface area (Å²) in [6, 6.07) is 17.3. The third-order valence-corrected chi connectivity index (χ3v) is 4.49. The molecular weight excluding hydrogens is 360 g/mol. The largest absolute Gasteiger partial charge is 0.445 e. The smallest absolute Gasteiger partial charge is 0.408 e. The van der Waals surface area contributed by atoms with E-state index in [1.54, 1.807) is 0 Å². The van der Waals surface area contributed by atoms with Crippen LogP contribution in [0.1, 0.15) is 17.5 Å². The lowest BCUT2D eigenvalue weighted by Gasteiger charge is -2.22. The van der Waals surface area contributed by atoms with E-state index in [0.717, 1.165) is 11.1 Å². The topological polar surface area (TPSA) is 96.9 Å². The van der Waals surface area contributed by atoms with Crippen molar-refractivity contribution in [3.8, 4) is 0 Å². The lowest BCUT2D eigenvalue weighted by Crippen LogP contribution is -2.52. The third kappa shape index (κ3) is 5.80. The van der Waals surface area contributed by atoms with Crippen molar-refractivity contribution in [1.82, 2.24) is 10.6 Å². The molecule has 1 aliphatic rings. The van der Waals surface area contributed by atoms with Crippen molar-refractivity contribution in [1.29, 1.82) is 0 Å². The van der Waals surface area contributed by atoms with E-state index in [9.17, 15) is 14.7 Å². The Morgan fingerprint density at radius 3 is 2.32 bits per heavy atom. The average molecular weight is 384 g/mol. The number of aliphatic hydroxyl groups is 1. The van der Waals surface area contributed by atoms with Crippen LogP contribution in [0.2, 0.25) is 0 Å². The second-order valence-corrected chi connectivity index (χ2v) is 6.61. The van der Waals surface area contributed by atoms with E-state index in [4.69, 9.17) is 9.47 Å². The fourth-order valence-electron chi connectivity index (χ4n) is 2.97. The van der Waals surface area contributed by atoms with Crippen molar-refractivity contribution in [3.05, 3.63) is 71.8 Å². The Morgan fingerprint density at radius 1 is 1.07 bits per heavy atom. The van der Waals surface area contributed by atoms with Gasteiger partial charge in [0.05, 0.1) is 12.6 Å². The molecule has 1 heterocycles. The summed E-state index contributed by atoms with van der Waals surface area (Å²) in [5.74, 6) is -0.393. The highest BCUT2D eigenvalue weighted by molar-refractivity contribution is 5.86. The summed E-state index contributed by atoms with van der Waals surface area (Å²) in [5, 5.41) is 15.1. The highest BCUT2D eigenvalue weighted by Crippen LogP contribution is 2.12. The molecule has 2 aromatic rings. The number of hydrogen-bond donors (Lipinski definition) is 3. The fraction of sp³-hybridized carbons (Fsp3) is 0.333. The molecule has 148 valence electrons. The van der Waals surface area contributed by atoms with Gasteiger partial charge in [-0.25, -0.2) is 4.79 Å². The Morgan fingerprint density at radius 2 is 1.71 bits per heavy atom. The Hall–Kier alpha value is -2.90. The molecule has 2 amide bonds. The van der Waals surface area contributed by atoms with Crippen LogP contribution in [0.3, 0.4) is 0 Å². The summed E-state index contributed by atoms with van der Waals surface area (Å²) in [7, 11) is 0. The molecule has 3 rings (SSSR count). The number of amides is 2. The summed E-state index contributed by atoms with van der Waals surface area (Å²) < 4.78 is 10.3. The molecule has 1 fully saturated rings. The zero-order chi connectivity index (χ0) is 19.8. The minimum absolute atomic E-state index is 0.113. The van der Waals surface area contributed by atoms with Gasteiger partial charge >= 0.3 is 6.09 Å². The van der Waals surface area contributed by atoms with Crippen molar-refractivity contribution in [2.75, 3.05) is 6.61 Å². The molecule has 2 aromatic carbocycles. The van der Waals surface area contributed by atoms with E-state index in [0.29, 0.717) is 19.4 Å². The van der Waals surface area contributed by atoms with Crippen LogP contribution >= 0.6 is 0 Å². The minimum Gasteiger partial charge on any atom is -0.445 e. The van der Waals surface area contributed by atoms with Gasteiger partial charge in [0, 0.05) is 6.42 Å². The average Bonchev–Trinajstić information content (AvgIpc) is 3.12. The van der Waals surface area contributed by atoms with Crippen LogP contribution in [-0.2, 0) is 27.3 Å². The second kappa shape index (κ2) is 9.87. The van der Waals surface area contributed by atoms with Crippen LogP contribution in [-0.4, -0.2) is 42.1 Å². The van der Waals surface area contributed by atoms with Gasteiger partial charge in [0.25, 0.3) is 0 Å². The SMILES string of the molecule is O=C(N[C@@H](Cc1ccccc1)C(=O)N[C@H]1CCOC1O)OCc1ccccc1. The molecule has 1 saturated heterocycles. The molecule has 0 aromatic heterocycles. The number of nitrogens with one attached hydrogen (secondary N) is 2. The molecule has 0 bridgehead atoms. The Kier molecular flexibility index (Phi) is 7.00. The number of alkyl carbamates (subject to hydrolysis) is 1. The van der Waals surface area contributed by atoms with E-state index < -0.39 is 30.4 Å². The van der Waals surface area contributed by atoms with Gasteiger partial charge in [-0.3, -0.25) is 4.79 Å². The second-order valence-electron chi connectivity index (χ2n) is 6.61. The van der Waals surface area contributed by atoms with Gasteiger partial charge in [-0.15, -0.1) is 0 Å². The van der Waals surface area contributed by atoms with Crippen LogP contribution in [0.25, 0.3) is 0 Å². The number of carbonyl (C=O) groups is 2. The van der Waals surface area contributed by atoms with Crippen molar-refractivity contribution < 1.29 is 24.2 Å². The maximum atomic E-state index is 12.7. The van der Waals surface area contributed by atoms with Gasteiger partial charge < -0.3 is 25.2 Å². The molecule has 7 heteroatoms. The highest BCUT2D eigenvalue weighted by Gasteiger charge is 2.31. The Balaban J connectivity index is 1.61. The molecule has 7 nitrogen and oxygen atoms in total. The summed E-state index contributed by atoms with van der Waals surface area (Å²) in [5.41, 5.74) is 1.75. The van der Waals surface area contributed by atoms with E-state index in [-0.39, 0.29) is 6.61 Å². The van der Waals surface area contributed by atoms with Gasteiger partial charge in [0.1, 0.15) is 12.6 Å². The first-order valence-corrected chi connectivity index (χ1v) is 9.23. The molecule has 28 heavy (non-hydrogen) atoms. The van der Waals surface area contributed by atoms with E-state index in [1.807, 2.05) is 60.7 Å². The molecule has 3 atom stereocenters. The van der Waals surface area contributed by atoms with Crippen molar-refractivity contribution in [3.63, 3.8) is 0 Å². The van der Waals surface area contributed by atoms with Gasteiger partial charge in [-0.1, -0.05) is 60.7 Å². The third-order valence-electron chi connectivity index (χ3n) is 4.49. The van der Waals surface area contributed by atoms with Crippen LogP contribution in [0.4, 0.5) is 4.79 Å². The predicted octanol–water partition coefficient (Wildman–Crippen LogP) is 1.75. The molecule has 1 unspecified atom stereocenters. The van der Waals surface area contributed by atoms with Crippen LogP contribution in [0.15, 0.2) is 60.7 Å².